The number of fused-ring (bicyclic) bond motifs is 3. The summed E-state index contributed by atoms with van der Waals surface area (Å²) in [6, 6.07) is 14.8. The van der Waals surface area contributed by atoms with Gasteiger partial charge in [0.2, 0.25) is 0 Å². The monoisotopic (exact) mass is 388 g/mol. The van der Waals surface area contributed by atoms with Crippen LogP contribution in [-0.4, -0.2) is 19.2 Å². The molecule has 2 aromatic carbocycles. The highest BCUT2D eigenvalue weighted by molar-refractivity contribution is 5.86. The van der Waals surface area contributed by atoms with Crippen LogP contribution in [0, 0.1) is 18.6 Å². The third-order valence-electron chi connectivity index (χ3n) is 4.93. The largest absolute Gasteiger partial charge is 0.284 e. The first-order chi connectivity index (χ1) is 14.0. The van der Waals surface area contributed by atoms with Gasteiger partial charge in [0.05, 0.1) is 22.3 Å². The molecule has 3 heterocycles. The fourth-order valence-electron chi connectivity index (χ4n) is 3.56. The summed E-state index contributed by atoms with van der Waals surface area (Å²) in [6.07, 6.45) is 3.02. The fourth-order valence-corrected chi connectivity index (χ4v) is 3.56. The molecular formula is C22H14F2N4O. The number of aromatic nitrogens is 4. The molecule has 3 aromatic heterocycles. The van der Waals surface area contributed by atoms with E-state index < -0.39 is 17.2 Å². The summed E-state index contributed by atoms with van der Waals surface area (Å²) >= 11 is 0. The summed E-state index contributed by atoms with van der Waals surface area (Å²) in [4.78, 5) is 17.5. The van der Waals surface area contributed by atoms with Crippen LogP contribution in [0.15, 0.2) is 71.8 Å². The Hall–Kier alpha value is -3.87. The predicted octanol–water partition coefficient (Wildman–Crippen LogP) is 4.29. The quantitative estimate of drug-likeness (QED) is 0.453. The Morgan fingerprint density at radius 1 is 0.966 bits per heavy atom. The van der Waals surface area contributed by atoms with Crippen LogP contribution in [0.5, 0.6) is 0 Å². The fraction of sp³-hybridized carbons (Fsp3) is 0.0455. The first-order valence-electron chi connectivity index (χ1n) is 8.95. The number of pyridine rings is 1. The predicted molar refractivity (Wildman–Crippen MR) is 106 cm³/mol. The summed E-state index contributed by atoms with van der Waals surface area (Å²) in [5.41, 5.74) is 3.75. The molecule has 0 radical (unpaired) electrons. The Kier molecular flexibility index (Phi) is 3.77. The van der Waals surface area contributed by atoms with E-state index in [2.05, 4.69) is 10.1 Å². The minimum atomic E-state index is -1.02. The Balaban J connectivity index is 1.76. The molecule has 0 spiro atoms. The van der Waals surface area contributed by atoms with Crippen LogP contribution in [0.4, 0.5) is 8.78 Å². The lowest BCUT2D eigenvalue weighted by Crippen LogP contribution is -2.19. The van der Waals surface area contributed by atoms with Crippen molar-refractivity contribution in [3.05, 3.63) is 94.7 Å². The maximum absolute atomic E-state index is 13.6. The van der Waals surface area contributed by atoms with Crippen molar-refractivity contribution in [1.82, 2.24) is 19.2 Å². The van der Waals surface area contributed by atoms with Crippen LogP contribution >= 0.6 is 0 Å². The normalized spacial score (nSPS) is 11.4. The molecule has 0 saturated heterocycles. The SMILES string of the molecule is Cc1nn2c(ncc3c(=O)n(-c4ccc(F)c(F)c4)ccc32)c1-c1ccccc1. The molecule has 7 heteroatoms. The Labute approximate surface area is 163 Å². The molecule has 29 heavy (non-hydrogen) atoms. The van der Waals surface area contributed by atoms with Gasteiger partial charge in [0.25, 0.3) is 5.56 Å². The number of nitrogens with zero attached hydrogens (tertiary/aromatic N) is 4. The number of hydrogen-bond acceptors (Lipinski definition) is 3. The van der Waals surface area contributed by atoms with Gasteiger partial charge < -0.3 is 0 Å². The minimum Gasteiger partial charge on any atom is -0.284 e. The highest BCUT2D eigenvalue weighted by atomic mass is 19.2. The lowest BCUT2D eigenvalue weighted by atomic mass is 10.1. The summed E-state index contributed by atoms with van der Waals surface area (Å²) in [7, 11) is 0. The van der Waals surface area contributed by atoms with Crippen molar-refractivity contribution in [2.75, 3.05) is 0 Å². The minimum absolute atomic E-state index is 0.234. The number of hydrogen-bond donors (Lipinski definition) is 0. The maximum Gasteiger partial charge on any atom is 0.266 e. The topological polar surface area (TPSA) is 52.2 Å². The van der Waals surface area contributed by atoms with Gasteiger partial charge in [-0.25, -0.2) is 18.3 Å². The molecule has 0 aliphatic heterocycles. The van der Waals surface area contributed by atoms with Gasteiger partial charge in [-0.2, -0.15) is 5.10 Å². The van der Waals surface area contributed by atoms with Gasteiger partial charge in [-0.15, -0.1) is 0 Å². The third-order valence-corrected chi connectivity index (χ3v) is 4.93. The molecule has 0 aliphatic rings. The molecule has 0 atom stereocenters. The molecule has 0 amide bonds. The van der Waals surface area contributed by atoms with Gasteiger partial charge in [-0.05, 0) is 30.7 Å². The molecule has 5 rings (SSSR count). The van der Waals surface area contributed by atoms with Crippen molar-refractivity contribution in [2.45, 2.75) is 6.92 Å². The molecule has 0 N–H and O–H groups in total. The average molecular weight is 388 g/mol. The summed E-state index contributed by atoms with van der Waals surface area (Å²) in [6.45, 7) is 1.89. The van der Waals surface area contributed by atoms with Crippen molar-refractivity contribution >= 4 is 16.6 Å². The summed E-state index contributed by atoms with van der Waals surface area (Å²) < 4.78 is 29.7. The number of rotatable bonds is 2. The van der Waals surface area contributed by atoms with Crippen molar-refractivity contribution in [3.63, 3.8) is 0 Å². The van der Waals surface area contributed by atoms with E-state index in [1.807, 2.05) is 37.3 Å². The lowest BCUT2D eigenvalue weighted by Gasteiger charge is -2.08. The van der Waals surface area contributed by atoms with E-state index in [-0.39, 0.29) is 5.69 Å². The van der Waals surface area contributed by atoms with Crippen molar-refractivity contribution < 1.29 is 8.78 Å². The van der Waals surface area contributed by atoms with Crippen LogP contribution < -0.4 is 5.56 Å². The molecule has 5 nitrogen and oxygen atoms in total. The first kappa shape index (κ1) is 17.2. The molecule has 0 aliphatic carbocycles. The van der Waals surface area contributed by atoms with Crippen LogP contribution in [0.2, 0.25) is 0 Å². The smallest absolute Gasteiger partial charge is 0.266 e. The molecule has 5 aromatic rings. The van der Waals surface area contributed by atoms with E-state index in [1.165, 1.54) is 23.0 Å². The second kappa shape index (κ2) is 6.34. The van der Waals surface area contributed by atoms with Crippen LogP contribution in [0.3, 0.4) is 0 Å². The Morgan fingerprint density at radius 3 is 2.52 bits per heavy atom. The maximum atomic E-state index is 13.6. The van der Waals surface area contributed by atoms with Gasteiger partial charge >= 0.3 is 0 Å². The standard InChI is InChI=1S/C22H14F2N4O/c1-13-20(14-5-3-2-4-6-14)21-25-12-16-19(28(21)26-13)9-10-27(22(16)29)15-7-8-17(23)18(24)11-15/h2-12H,1H3. The van der Waals surface area contributed by atoms with E-state index in [0.29, 0.717) is 16.6 Å². The van der Waals surface area contributed by atoms with Crippen molar-refractivity contribution in [1.29, 1.82) is 0 Å². The second-order valence-corrected chi connectivity index (χ2v) is 6.71. The number of halogens is 2. The Bertz CT molecular complexity index is 1460. The van der Waals surface area contributed by atoms with Gasteiger partial charge in [-0.1, -0.05) is 30.3 Å². The highest BCUT2D eigenvalue weighted by Gasteiger charge is 2.16. The van der Waals surface area contributed by atoms with Gasteiger partial charge in [0, 0.05) is 24.0 Å². The van der Waals surface area contributed by atoms with E-state index in [0.717, 1.165) is 29.0 Å². The second-order valence-electron chi connectivity index (χ2n) is 6.71. The van der Waals surface area contributed by atoms with Crippen molar-refractivity contribution in [2.24, 2.45) is 0 Å². The summed E-state index contributed by atoms with van der Waals surface area (Å²) in [5, 5.41) is 4.91. The van der Waals surface area contributed by atoms with Gasteiger partial charge in [0.1, 0.15) is 0 Å². The van der Waals surface area contributed by atoms with Gasteiger partial charge in [0.15, 0.2) is 17.3 Å². The summed E-state index contributed by atoms with van der Waals surface area (Å²) in [5.74, 6) is -1.98. The zero-order valence-corrected chi connectivity index (χ0v) is 15.3. The third kappa shape index (κ3) is 2.62. The molecule has 0 bridgehead atoms. The van der Waals surface area contributed by atoms with E-state index in [9.17, 15) is 13.6 Å². The van der Waals surface area contributed by atoms with E-state index in [1.54, 1.807) is 10.6 Å². The molecular weight excluding hydrogens is 374 g/mol. The van der Waals surface area contributed by atoms with E-state index in [4.69, 9.17) is 0 Å². The molecule has 0 saturated carbocycles. The number of aryl methyl sites for hydroxylation is 1. The average Bonchev–Trinajstić information content (AvgIpc) is 3.07. The first-order valence-corrected chi connectivity index (χ1v) is 8.95. The lowest BCUT2D eigenvalue weighted by molar-refractivity contribution is 0.508. The van der Waals surface area contributed by atoms with Crippen LogP contribution in [0.1, 0.15) is 5.69 Å². The highest BCUT2D eigenvalue weighted by Crippen LogP contribution is 2.28. The molecule has 0 unspecified atom stereocenters. The van der Waals surface area contributed by atoms with Crippen molar-refractivity contribution in [3.8, 4) is 16.8 Å². The zero-order valence-electron chi connectivity index (χ0n) is 15.3. The van der Waals surface area contributed by atoms with E-state index >= 15 is 0 Å². The molecule has 142 valence electrons. The molecule has 0 fully saturated rings. The van der Waals surface area contributed by atoms with Crippen LogP contribution in [0.25, 0.3) is 33.4 Å². The Morgan fingerprint density at radius 2 is 1.76 bits per heavy atom. The number of benzene rings is 2. The van der Waals surface area contributed by atoms with Crippen LogP contribution in [-0.2, 0) is 0 Å². The zero-order chi connectivity index (χ0) is 20.1. The van der Waals surface area contributed by atoms with Gasteiger partial charge in [-0.3, -0.25) is 9.36 Å².